The summed E-state index contributed by atoms with van der Waals surface area (Å²) in [6.07, 6.45) is -3.19. The van der Waals surface area contributed by atoms with Crippen LogP contribution >= 0.6 is 11.3 Å². The summed E-state index contributed by atoms with van der Waals surface area (Å²) >= 11 is 1.27. The van der Waals surface area contributed by atoms with Crippen molar-refractivity contribution >= 4 is 11.3 Å². The molecule has 0 spiro atoms. The van der Waals surface area contributed by atoms with E-state index in [1.54, 1.807) is 0 Å². The molecule has 0 aliphatic rings. The normalized spacial score (nSPS) is 11.4. The third-order valence-electron chi connectivity index (χ3n) is 1.79. The summed E-state index contributed by atoms with van der Waals surface area (Å²) in [5, 5.41) is 2.14. The minimum atomic E-state index is -3.19. The Balaban J connectivity index is 2.21. The summed E-state index contributed by atoms with van der Waals surface area (Å²) in [6, 6.07) is 9.35. The van der Waals surface area contributed by atoms with Crippen molar-refractivity contribution in [2.75, 3.05) is 0 Å². The molecule has 2 nitrogen and oxygen atoms in total. The molecule has 1 aromatic carbocycles. The van der Waals surface area contributed by atoms with E-state index in [0.717, 1.165) is 5.56 Å². The summed E-state index contributed by atoms with van der Waals surface area (Å²) in [6.45, 7) is 0.689. The van der Waals surface area contributed by atoms with Crippen molar-refractivity contribution in [3.8, 4) is 16.5 Å². The standard InChI is InChI=1S/C11H9F2NOS/c1-11(12,13)15-9-7-16-10(14-9)8-5-3-2-4-6-8/h2-7H,1H3. The van der Waals surface area contributed by atoms with E-state index in [4.69, 9.17) is 0 Å². The minimum absolute atomic E-state index is 0.0450. The molecule has 0 unspecified atom stereocenters. The van der Waals surface area contributed by atoms with Gasteiger partial charge in [0.15, 0.2) is 0 Å². The zero-order valence-electron chi connectivity index (χ0n) is 8.48. The van der Waals surface area contributed by atoms with Gasteiger partial charge in [-0.25, -0.2) is 4.98 Å². The van der Waals surface area contributed by atoms with Crippen molar-refractivity contribution in [3.05, 3.63) is 35.7 Å². The van der Waals surface area contributed by atoms with Crippen molar-refractivity contribution in [1.29, 1.82) is 0 Å². The first-order valence-electron chi connectivity index (χ1n) is 4.62. The summed E-state index contributed by atoms with van der Waals surface area (Å²) in [5.41, 5.74) is 0.891. The van der Waals surface area contributed by atoms with Crippen LogP contribution in [-0.4, -0.2) is 11.1 Å². The van der Waals surface area contributed by atoms with Crippen molar-refractivity contribution < 1.29 is 13.5 Å². The fourth-order valence-corrected chi connectivity index (χ4v) is 1.93. The SMILES string of the molecule is CC(F)(F)Oc1csc(-c2ccccc2)n1. The Bertz CT molecular complexity index is 464. The highest BCUT2D eigenvalue weighted by Crippen LogP contribution is 2.29. The molecular formula is C11H9F2NOS. The monoisotopic (exact) mass is 241 g/mol. The number of ether oxygens (including phenoxy) is 1. The van der Waals surface area contributed by atoms with Gasteiger partial charge in [0.05, 0.1) is 5.38 Å². The van der Waals surface area contributed by atoms with Crippen LogP contribution in [0.3, 0.4) is 0 Å². The topological polar surface area (TPSA) is 22.1 Å². The second kappa shape index (κ2) is 4.17. The van der Waals surface area contributed by atoms with Crippen molar-refractivity contribution in [1.82, 2.24) is 4.98 Å². The van der Waals surface area contributed by atoms with Crippen LogP contribution in [-0.2, 0) is 0 Å². The second-order valence-corrected chi connectivity index (χ2v) is 4.12. The summed E-state index contributed by atoms with van der Waals surface area (Å²) < 4.78 is 29.5. The summed E-state index contributed by atoms with van der Waals surface area (Å²) in [7, 11) is 0. The van der Waals surface area contributed by atoms with Crippen LogP contribution in [0.1, 0.15) is 6.92 Å². The Morgan fingerprint density at radius 1 is 1.25 bits per heavy atom. The van der Waals surface area contributed by atoms with E-state index < -0.39 is 6.11 Å². The maximum absolute atomic E-state index is 12.6. The molecule has 0 amide bonds. The Morgan fingerprint density at radius 2 is 1.94 bits per heavy atom. The zero-order valence-corrected chi connectivity index (χ0v) is 9.30. The molecule has 0 N–H and O–H groups in total. The minimum Gasteiger partial charge on any atom is -0.414 e. The quantitative estimate of drug-likeness (QED) is 0.815. The van der Waals surface area contributed by atoms with E-state index in [1.807, 2.05) is 30.3 Å². The number of halogens is 2. The number of nitrogens with zero attached hydrogens (tertiary/aromatic N) is 1. The average Bonchev–Trinajstić information content (AvgIpc) is 2.65. The van der Waals surface area contributed by atoms with Crippen LogP contribution in [0.15, 0.2) is 35.7 Å². The van der Waals surface area contributed by atoms with E-state index in [1.165, 1.54) is 16.7 Å². The fraction of sp³-hybridized carbons (Fsp3) is 0.182. The van der Waals surface area contributed by atoms with Gasteiger partial charge in [0.2, 0.25) is 5.88 Å². The molecule has 1 heterocycles. The van der Waals surface area contributed by atoms with E-state index in [-0.39, 0.29) is 5.88 Å². The largest absolute Gasteiger partial charge is 0.414 e. The molecule has 0 atom stereocenters. The molecule has 0 saturated heterocycles. The molecule has 0 radical (unpaired) electrons. The number of thiazole rings is 1. The number of alkyl halides is 2. The predicted molar refractivity (Wildman–Crippen MR) is 58.8 cm³/mol. The zero-order chi connectivity index (χ0) is 11.6. The second-order valence-electron chi connectivity index (χ2n) is 3.27. The molecule has 84 valence electrons. The molecule has 16 heavy (non-hydrogen) atoms. The lowest BCUT2D eigenvalue weighted by molar-refractivity contribution is -0.160. The molecule has 2 rings (SSSR count). The predicted octanol–water partition coefficient (Wildman–Crippen LogP) is 3.80. The smallest absolute Gasteiger partial charge is 0.396 e. The molecule has 0 aliphatic carbocycles. The van der Waals surface area contributed by atoms with Gasteiger partial charge in [-0.3, -0.25) is 0 Å². The van der Waals surface area contributed by atoms with Gasteiger partial charge in [-0.15, -0.1) is 11.3 Å². The van der Waals surface area contributed by atoms with E-state index in [9.17, 15) is 8.78 Å². The number of hydrogen-bond donors (Lipinski definition) is 0. The third-order valence-corrected chi connectivity index (χ3v) is 2.66. The lowest BCUT2D eigenvalue weighted by Crippen LogP contribution is -2.19. The van der Waals surface area contributed by atoms with Crippen LogP contribution in [0.25, 0.3) is 10.6 Å². The molecule has 1 aromatic heterocycles. The number of rotatable bonds is 3. The van der Waals surface area contributed by atoms with Gasteiger partial charge in [0.1, 0.15) is 5.01 Å². The van der Waals surface area contributed by atoms with Gasteiger partial charge in [-0.05, 0) is 0 Å². The highest BCUT2D eigenvalue weighted by Gasteiger charge is 2.24. The van der Waals surface area contributed by atoms with Crippen molar-refractivity contribution in [2.45, 2.75) is 13.0 Å². The first-order valence-corrected chi connectivity index (χ1v) is 5.50. The number of hydrogen-bond acceptors (Lipinski definition) is 3. The summed E-state index contributed by atoms with van der Waals surface area (Å²) in [4.78, 5) is 3.98. The molecule has 0 fully saturated rings. The Kier molecular flexibility index (Phi) is 2.87. The van der Waals surface area contributed by atoms with Gasteiger partial charge in [0.25, 0.3) is 0 Å². The molecular weight excluding hydrogens is 232 g/mol. The Hall–Kier alpha value is -1.49. The number of aromatic nitrogens is 1. The molecule has 0 bridgehead atoms. The Labute approximate surface area is 95.5 Å². The van der Waals surface area contributed by atoms with Crippen LogP contribution in [0.5, 0.6) is 5.88 Å². The van der Waals surface area contributed by atoms with Gasteiger partial charge in [-0.2, -0.15) is 8.78 Å². The average molecular weight is 241 g/mol. The first-order chi connectivity index (χ1) is 7.54. The lowest BCUT2D eigenvalue weighted by atomic mass is 10.2. The Morgan fingerprint density at radius 3 is 2.56 bits per heavy atom. The molecule has 0 aliphatic heterocycles. The molecule has 2 aromatic rings. The summed E-state index contributed by atoms with van der Waals surface area (Å²) in [5.74, 6) is -0.0450. The van der Waals surface area contributed by atoms with E-state index in [2.05, 4.69) is 9.72 Å². The van der Waals surface area contributed by atoms with Gasteiger partial charge in [0, 0.05) is 12.5 Å². The highest BCUT2D eigenvalue weighted by atomic mass is 32.1. The van der Waals surface area contributed by atoms with Gasteiger partial charge < -0.3 is 4.74 Å². The van der Waals surface area contributed by atoms with Crippen LogP contribution in [0.4, 0.5) is 8.78 Å². The van der Waals surface area contributed by atoms with Gasteiger partial charge in [-0.1, -0.05) is 30.3 Å². The molecule has 0 saturated carbocycles. The van der Waals surface area contributed by atoms with Crippen molar-refractivity contribution in [3.63, 3.8) is 0 Å². The van der Waals surface area contributed by atoms with Crippen LogP contribution in [0, 0.1) is 0 Å². The third kappa shape index (κ3) is 2.76. The van der Waals surface area contributed by atoms with Crippen molar-refractivity contribution in [2.24, 2.45) is 0 Å². The van der Waals surface area contributed by atoms with Crippen LogP contribution in [0.2, 0.25) is 0 Å². The maximum Gasteiger partial charge on any atom is 0.396 e. The number of benzene rings is 1. The van der Waals surface area contributed by atoms with Gasteiger partial charge >= 0.3 is 6.11 Å². The lowest BCUT2D eigenvalue weighted by Gasteiger charge is -2.09. The first kappa shape index (κ1) is 11.0. The van der Waals surface area contributed by atoms with Crippen LogP contribution < -0.4 is 4.74 Å². The maximum atomic E-state index is 12.6. The fourth-order valence-electron chi connectivity index (χ4n) is 1.20. The van der Waals surface area contributed by atoms with E-state index >= 15 is 0 Å². The highest BCUT2D eigenvalue weighted by molar-refractivity contribution is 7.13. The van der Waals surface area contributed by atoms with E-state index in [0.29, 0.717) is 11.9 Å². The molecule has 5 heteroatoms.